The third-order valence-electron chi connectivity index (χ3n) is 2.51. The SMILES string of the molecule is CCN(CC)c1ccc(NC(=O)NC(C)C)cn1. The number of nitrogens with one attached hydrogen (secondary N) is 2. The maximum Gasteiger partial charge on any atom is 0.319 e. The molecule has 2 N–H and O–H groups in total. The fraction of sp³-hybridized carbons (Fsp3) is 0.538. The molecule has 5 heteroatoms. The number of hydrogen-bond acceptors (Lipinski definition) is 3. The molecular weight excluding hydrogens is 228 g/mol. The highest BCUT2D eigenvalue weighted by molar-refractivity contribution is 5.89. The van der Waals surface area contributed by atoms with Crippen LogP contribution >= 0.6 is 0 Å². The maximum absolute atomic E-state index is 11.5. The Labute approximate surface area is 109 Å². The summed E-state index contributed by atoms with van der Waals surface area (Å²) in [5, 5.41) is 5.51. The molecule has 0 aliphatic rings. The van der Waals surface area contributed by atoms with Crippen molar-refractivity contribution in [3.05, 3.63) is 18.3 Å². The molecular formula is C13H22N4O. The summed E-state index contributed by atoms with van der Waals surface area (Å²) < 4.78 is 0. The minimum absolute atomic E-state index is 0.118. The van der Waals surface area contributed by atoms with Gasteiger partial charge in [0.1, 0.15) is 5.82 Å². The van der Waals surface area contributed by atoms with Gasteiger partial charge in [0, 0.05) is 19.1 Å². The van der Waals surface area contributed by atoms with Crippen molar-refractivity contribution in [2.45, 2.75) is 33.7 Å². The Kier molecular flexibility index (Phi) is 5.42. The number of carbonyl (C=O) groups is 1. The molecule has 0 unspecified atom stereocenters. The fourth-order valence-corrected chi connectivity index (χ4v) is 1.62. The normalized spacial score (nSPS) is 10.3. The van der Waals surface area contributed by atoms with E-state index in [9.17, 15) is 4.79 Å². The second kappa shape index (κ2) is 6.83. The number of amides is 2. The fourth-order valence-electron chi connectivity index (χ4n) is 1.62. The van der Waals surface area contributed by atoms with Crippen LogP contribution < -0.4 is 15.5 Å². The second-order valence-corrected chi connectivity index (χ2v) is 4.33. The third-order valence-corrected chi connectivity index (χ3v) is 2.51. The van der Waals surface area contributed by atoms with Crippen LogP contribution in [0.4, 0.5) is 16.3 Å². The van der Waals surface area contributed by atoms with Crippen molar-refractivity contribution in [3.63, 3.8) is 0 Å². The van der Waals surface area contributed by atoms with Gasteiger partial charge < -0.3 is 15.5 Å². The molecule has 2 amide bonds. The zero-order valence-electron chi connectivity index (χ0n) is 11.5. The molecule has 1 aromatic heterocycles. The first-order valence-corrected chi connectivity index (χ1v) is 6.35. The predicted molar refractivity (Wildman–Crippen MR) is 75.1 cm³/mol. The Morgan fingerprint density at radius 3 is 2.44 bits per heavy atom. The third kappa shape index (κ3) is 4.24. The number of carbonyl (C=O) groups excluding carboxylic acids is 1. The van der Waals surface area contributed by atoms with E-state index in [1.54, 1.807) is 6.20 Å². The van der Waals surface area contributed by atoms with Gasteiger partial charge in [-0.3, -0.25) is 0 Å². The van der Waals surface area contributed by atoms with Crippen LogP contribution in [-0.2, 0) is 0 Å². The number of urea groups is 1. The highest BCUT2D eigenvalue weighted by Gasteiger charge is 2.05. The summed E-state index contributed by atoms with van der Waals surface area (Å²) in [6.07, 6.45) is 1.67. The molecule has 1 heterocycles. The van der Waals surface area contributed by atoms with Crippen molar-refractivity contribution in [2.75, 3.05) is 23.3 Å². The molecule has 0 aromatic carbocycles. The molecule has 0 aliphatic carbocycles. The molecule has 100 valence electrons. The Balaban J connectivity index is 2.62. The van der Waals surface area contributed by atoms with Gasteiger partial charge >= 0.3 is 6.03 Å². The Morgan fingerprint density at radius 1 is 1.33 bits per heavy atom. The van der Waals surface area contributed by atoms with E-state index < -0.39 is 0 Å². The highest BCUT2D eigenvalue weighted by Crippen LogP contribution is 2.13. The van der Waals surface area contributed by atoms with E-state index >= 15 is 0 Å². The van der Waals surface area contributed by atoms with Crippen LogP contribution in [0.1, 0.15) is 27.7 Å². The zero-order valence-corrected chi connectivity index (χ0v) is 11.5. The molecule has 0 bridgehead atoms. The first-order valence-electron chi connectivity index (χ1n) is 6.35. The second-order valence-electron chi connectivity index (χ2n) is 4.33. The van der Waals surface area contributed by atoms with E-state index in [0.717, 1.165) is 18.9 Å². The number of rotatable bonds is 5. The summed E-state index contributed by atoms with van der Waals surface area (Å²) >= 11 is 0. The van der Waals surface area contributed by atoms with E-state index in [2.05, 4.69) is 34.4 Å². The molecule has 1 aromatic rings. The predicted octanol–water partition coefficient (Wildman–Crippen LogP) is 2.46. The molecule has 18 heavy (non-hydrogen) atoms. The van der Waals surface area contributed by atoms with Gasteiger partial charge in [-0.2, -0.15) is 0 Å². The smallest absolute Gasteiger partial charge is 0.319 e. The molecule has 0 atom stereocenters. The molecule has 0 spiro atoms. The van der Waals surface area contributed by atoms with Crippen molar-refractivity contribution in [1.82, 2.24) is 10.3 Å². The van der Waals surface area contributed by atoms with Gasteiger partial charge in [0.05, 0.1) is 11.9 Å². The molecule has 1 rings (SSSR count). The summed E-state index contributed by atoms with van der Waals surface area (Å²) in [5.41, 5.74) is 0.698. The lowest BCUT2D eigenvalue weighted by Crippen LogP contribution is -2.34. The minimum Gasteiger partial charge on any atom is -0.357 e. The molecule has 0 aliphatic heterocycles. The van der Waals surface area contributed by atoms with Gasteiger partial charge in [-0.15, -0.1) is 0 Å². The Bertz CT molecular complexity index is 371. The lowest BCUT2D eigenvalue weighted by Gasteiger charge is -2.19. The molecule has 0 saturated carbocycles. The van der Waals surface area contributed by atoms with E-state index in [1.165, 1.54) is 0 Å². The van der Waals surface area contributed by atoms with Gasteiger partial charge in [0.15, 0.2) is 0 Å². The van der Waals surface area contributed by atoms with Crippen LogP contribution in [0.15, 0.2) is 18.3 Å². The highest BCUT2D eigenvalue weighted by atomic mass is 16.2. The van der Waals surface area contributed by atoms with Crippen LogP contribution in [-0.4, -0.2) is 30.1 Å². The number of pyridine rings is 1. The van der Waals surface area contributed by atoms with Gasteiger partial charge in [-0.25, -0.2) is 9.78 Å². The average Bonchev–Trinajstić information content (AvgIpc) is 2.31. The van der Waals surface area contributed by atoms with Crippen LogP contribution in [0, 0.1) is 0 Å². The number of anilines is 2. The summed E-state index contributed by atoms with van der Waals surface area (Å²) in [6.45, 7) is 9.86. The molecule has 5 nitrogen and oxygen atoms in total. The lowest BCUT2D eigenvalue weighted by molar-refractivity contribution is 0.250. The van der Waals surface area contributed by atoms with E-state index in [0.29, 0.717) is 5.69 Å². The van der Waals surface area contributed by atoms with Gasteiger partial charge in [0.2, 0.25) is 0 Å². The summed E-state index contributed by atoms with van der Waals surface area (Å²) in [4.78, 5) is 18.0. The molecule has 0 fully saturated rings. The van der Waals surface area contributed by atoms with Crippen molar-refractivity contribution < 1.29 is 4.79 Å². The summed E-state index contributed by atoms with van der Waals surface area (Å²) in [5.74, 6) is 0.926. The van der Waals surface area contributed by atoms with Gasteiger partial charge in [-0.05, 0) is 39.8 Å². The van der Waals surface area contributed by atoms with E-state index in [-0.39, 0.29) is 12.1 Å². The first-order chi connectivity index (χ1) is 8.56. The minimum atomic E-state index is -0.206. The largest absolute Gasteiger partial charge is 0.357 e. The Hall–Kier alpha value is -1.78. The van der Waals surface area contributed by atoms with E-state index in [1.807, 2.05) is 26.0 Å². The van der Waals surface area contributed by atoms with Gasteiger partial charge in [0.25, 0.3) is 0 Å². The average molecular weight is 250 g/mol. The van der Waals surface area contributed by atoms with Crippen LogP contribution in [0.2, 0.25) is 0 Å². The number of nitrogens with zero attached hydrogens (tertiary/aromatic N) is 2. The molecule has 0 radical (unpaired) electrons. The standard InChI is InChI=1S/C13H22N4O/c1-5-17(6-2)12-8-7-11(9-14-12)16-13(18)15-10(3)4/h7-10H,5-6H2,1-4H3,(H2,15,16,18). The quantitative estimate of drug-likeness (QED) is 0.844. The van der Waals surface area contributed by atoms with Crippen LogP contribution in [0.3, 0.4) is 0 Å². The van der Waals surface area contributed by atoms with Gasteiger partial charge in [-0.1, -0.05) is 0 Å². The van der Waals surface area contributed by atoms with Crippen molar-refractivity contribution in [1.29, 1.82) is 0 Å². The first kappa shape index (κ1) is 14.3. The van der Waals surface area contributed by atoms with Crippen molar-refractivity contribution in [3.8, 4) is 0 Å². The van der Waals surface area contributed by atoms with E-state index in [4.69, 9.17) is 0 Å². The Morgan fingerprint density at radius 2 is 2.00 bits per heavy atom. The topological polar surface area (TPSA) is 57.3 Å². The lowest BCUT2D eigenvalue weighted by atomic mass is 10.3. The van der Waals surface area contributed by atoms with Crippen molar-refractivity contribution >= 4 is 17.5 Å². The van der Waals surface area contributed by atoms with Crippen molar-refractivity contribution in [2.24, 2.45) is 0 Å². The zero-order chi connectivity index (χ0) is 13.5. The molecule has 0 saturated heterocycles. The van der Waals surface area contributed by atoms with Crippen LogP contribution in [0.5, 0.6) is 0 Å². The van der Waals surface area contributed by atoms with Crippen LogP contribution in [0.25, 0.3) is 0 Å². The summed E-state index contributed by atoms with van der Waals surface area (Å²) in [6, 6.07) is 3.69. The number of aromatic nitrogens is 1. The summed E-state index contributed by atoms with van der Waals surface area (Å²) in [7, 11) is 0. The number of hydrogen-bond donors (Lipinski definition) is 2. The monoisotopic (exact) mass is 250 g/mol. The maximum atomic E-state index is 11.5.